The number of ether oxygens (including phenoxy) is 1. The molecule has 1 aliphatic rings. The molecule has 1 aromatic carbocycles. The maximum Gasteiger partial charge on any atom is 0.433 e. The van der Waals surface area contributed by atoms with Crippen LogP contribution in [0.2, 0.25) is 10.0 Å². The van der Waals surface area contributed by atoms with E-state index in [1.807, 2.05) is 0 Å². The Morgan fingerprint density at radius 2 is 2.14 bits per heavy atom. The SMILES string of the molecule is N/C(=N\C(=O)O)c1ncnc2c1OCc1c-2ccc(Cl)c1Cl. The van der Waals surface area contributed by atoms with Crippen molar-refractivity contribution >= 4 is 35.1 Å². The van der Waals surface area contributed by atoms with Gasteiger partial charge in [-0.25, -0.2) is 14.8 Å². The van der Waals surface area contributed by atoms with E-state index in [0.29, 0.717) is 21.3 Å². The van der Waals surface area contributed by atoms with Crippen molar-refractivity contribution in [1.29, 1.82) is 0 Å². The van der Waals surface area contributed by atoms with Crippen LogP contribution in [0.1, 0.15) is 11.3 Å². The third-order valence-corrected chi connectivity index (χ3v) is 3.92. The highest BCUT2D eigenvalue weighted by molar-refractivity contribution is 6.42. The number of carbonyl (C=O) groups is 1. The molecule has 0 radical (unpaired) electrons. The molecule has 0 saturated carbocycles. The Morgan fingerprint density at radius 3 is 2.86 bits per heavy atom. The first-order chi connectivity index (χ1) is 10.5. The molecule has 2 aromatic rings. The number of hydrogen-bond donors (Lipinski definition) is 2. The normalized spacial score (nSPS) is 13.1. The molecular weight excluding hydrogens is 331 g/mol. The van der Waals surface area contributed by atoms with Gasteiger partial charge in [0.2, 0.25) is 0 Å². The van der Waals surface area contributed by atoms with Gasteiger partial charge in [0, 0.05) is 11.1 Å². The van der Waals surface area contributed by atoms with E-state index in [-0.39, 0.29) is 23.9 Å². The first-order valence-corrected chi connectivity index (χ1v) is 6.77. The molecule has 2 heterocycles. The van der Waals surface area contributed by atoms with Crippen LogP contribution in [0.15, 0.2) is 23.5 Å². The van der Waals surface area contributed by atoms with Crippen LogP contribution in [0.3, 0.4) is 0 Å². The summed E-state index contributed by atoms with van der Waals surface area (Å²) in [6, 6.07) is 3.40. The summed E-state index contributed by atoms with van der Waals surface area (Å²) in [5, 5.41) is 9.49. The fraction of sp³-hybridized carbons (Fsp3) is 0.0769. The summed E-state index contributed by atoms with van der Waals surface area (Å²) in [5.74, 6) is -0.00875. The van der Waals surface area contributed by atoms with Gasteiger partial charge in [0.1, 0.15) is 18.6 Å². The fourth-order valence-electron chi connectivity index (χ4n) is 2.14. The number of nitrogens with two attached hydrogens (primary N) is 1. The molecule has 7 nitrogen and oxygen atoms in total. The Bertz CT molecular complexity index is 823. The molecule has 1 aliphatic heterocycles. The third kappa shape index (κ3) is 2.34. The largest absolute Gasteiger partial charge is 0.484 e. The summed E-state index contributed by atoms with van der Waals surface area (Å²) >= 11 is 12.2. The summed E-state index contributed by atoms with van der Waals surface area (Å²) in [6.45, 7) is 0.141. The quantitative estimate of drug-likeness (QED) is 0.610. The second kappa shape index (κ2) is 5.43. The maximum absolute atomic E-state index is 10.6. The van der Waals surface area contributed by atoms with Crippen LogP contribution < -0.4 is 10.5 Å². The smallest absolute Gasteiger partial charge is 0.433 e. The molecule has 0 saturated heterocycles. The van der Waals surface area contributed by atoms with Gasteiger partial charge in [0.25, 0.3) is 0 Å². The zero-order valence-electron chi connectivity index (χ0n) is 10.9. The van der Waals surface area contributed by atoms with E-state index in [2.05, 4.69) is 15.0 Å². The van der Waals surface area contributed by atoms with E-state index in [0.717, 1.165) is 5.56 Å². The van der Waals surface area contributed by atoms with Gasteiger partial charge in [0.05, 0.1) is 10.0 Å². The maximum atomic E-state index is 10.6. The zero-order chi connectivity index (χ0) is 15.9. The molecular formula is C13H8Cl2N4O3. The van der Waals surface area contributed by atoms with E-state index in [1.165, 1.54) is 6.33 Å². The zero-order valence-corrected chi connectivity index (χ0v) is 12.4. The molecule has 0 atom stereocenters. The molecule has 0 fully saturated rings. The topological polar surface area (TPSA) is 111 Å². The highest BCUT2D eigenvalue weighted by Gasteiger charge is 2.26. The van der Waals surface area contributed by atoms with Gasteiger partial charge in [-0.1, -0.05) is 29.3 Å². The Kier molecular flexibility index (Phi) is 3.59. The highest BCUT2D eigenvalue weighted by Crippen LogP contribution is 2.42. The van der Waals surface area contributed by atoms with Crippen molar-refractivity contribution in [2.24, 2.45) is 10.7 Å². The predicted octanol–water partition coefficient (Wildman–Crippen LogP) is 2.73. The summed E-state index contributed by atoms with van der Waals surface area (Å²) in [5.41, 5.74) is 7.63. The van der Waals surface area contributed by atoms with Gasteiger partial charge in [-0.2, -0.15) is 4.99 Å². The Balaban J connectivity index is 2.21. The first-order valence-electron chi connectivity index (χ1n) is 6.01. The van der Waals surface area contributed by atoms with Crippen LogP contribution in [0.4, 0.5) is 4.79 Å². The number of amidine groups is 1. The minimum absolute atomic E-state index is 0.115. The van der Waals surface area contributed by atoms with Crippen LogP contribution in [0.25, 0.3) is 11.3 Å². The number of aromatic nitrogens is 2. The number of hydrogen-bond acceptors (Lipinski definition) is 4. The highest BCUT2D eigenvalue weighted by atomic mass is 35.5. The van der Waals surface area contributed by atoms with E-state index in [1.54, 1.807) is 12.1 Å². The molecule has 112 valence electrons. The second-order valence-electron chi connectivity index (χ2n) is 4.36. The first kappa shape index (κ1) is 14.6. The van der Waals surface area contributed by atoms with Crippen LogP contribution in [0.5, 0.6) is 5.75 Å². The third-order valence-electron chi connectivity index (χ3n) is 3.07. The molecule has 3 rings (SSSR count). The standard InChI is InChI=1S/C13H8Cl2N4O3/c14-7-2-1-5-6(8(7)15)3-22-11-9(5)17-4-18-10(11)12(16)19-13(20)21/h1-2,4H,3H2,(H2,16,19)(H,20,21). The van der Waals surface area contributed by atoms with Gasteiger partial charge in [0.15, 0.2) is 17.3 Å². The summed E-state index contributed by atoms with van der Waals surface area (Å²) in [4.78, 5) is 22.0. The average molecular weight is 339 g/mol. The van der Waals surface area contributed by atoms with Crippen molar-refractivity contribution in [3.63, 3.8) is 0 Å². The van der Waals surface area contributed by atoms with E-state index in [4.69, 9.17) is 38.8 Å². The van der Waals surface area contributed by atoms with Gasteiger partial charge >= 0.3 is 6.09 Å². The van der Waals surface area contributed by atoms with Crippen molar-refractivity contribution in [3.05, 3.63) is 39.8 Å². The lowest BCUT2D eigenvalue weighted by molar-refractivity contribution is 0.205. The minimum atomic E-state index is -1.42. The Labute approximate surface area is 134 Å². The average Bonchev–Trinajstić information content (AvgIpc) is 2.49. The Hall–Kier alpha value is -2.38. The summed E-state index contributed by atoms with van der Waals surface area (Å²) in [6.07, 6.45) is -0.171. The number of amides is 1. The molecule has 3 N–H and O–H groups in total. The van der Waals surface area contributed by atoms with Gasteiger partial charge in [-0.3, -0.25) is 0 Å². The molecule has 0 aliphatic carbocycles. The van der Waals surface area contributed by atoms with E-state index in [9.17, 15) is 4.79 Å². The lowest BCUT2D eigenvalue weighted by atomic mass is 10.0. The molecule has 1 amide bonds. The molecule has 0 unspecified atom stereocenters. The number of nitrogens with zero attached hydrogens (tertiary/aromatic N) is 3. The number of halogens is 2. The Morgan fingerprint density at radius 1 is 1.36 bits per heavy atom. The lowest BCUT2D eigenvalue weighted by Crippen LogP contribution is -2.21. The van der Waals surface area contributed by atoms with Crippen molar-refractivity contribution < 1.29 is 14.6 Å². The fourth-order valence-corrected chi connectivity index (χ4v) is 2.54. The van der Waals surface area contributed by atoms with Crippen molar-refractivity contribution in [1.82, 2.24) is 9.97 Å². The molecule has 0 bridgehead atoms. The van der Waals surface area contributed by atoms with Gasteiger partial charge in [-0.15, -0.1) is 0 Å². The van der Waals surface area contributed by atoms with Crippen LogP contribution in [-0.4, -0.2) is 27.0 Å². The molecule has 1 aromatic heterocycles. The van der Waals surface area contributed by atoms with Crippen molar-refractivity contribution in [2.45, 2.75) is 6.61 Å². The summed E-state index contributed by atoms with van der Waals surface area (Å²) < 4.78 is 5.60. The van der Waals surface area contributed by atoms with E-state index < -0.39 is 6.09 Å². The molecule has 9 heteroatoms. The number of aliphatic imine (C=N–C) groups is 1. The van der Waals surface area contributed by atoms with Crippen LogP contribution in [0, 0.1) is 0 Å². The minimum Gasteiger partial charge on any atom is -0.484 e. The van der Waals surface area contributed by atoms with Crippen molar-refractivity contribution in [2.75, 3.05) is 0 Å². The number of benzene rings is 1. The van der Waals surface area contributed by atoms with Gasteiger partial charge in [-0.05, 0) is 6.07 Å². The second-order valence-corrected chi connectivity index (χ2v) is 5.14. The van der Waals surface area contributed by atoms with Crippen LogP contribution >= 0.6 is 23.2 Å². The van der Waals surface area contributed by atoms with Gasteiger partial charge < -0.3 is 15.6 Å². The summed E-state index contributed by atoms with van der Waals surface area (Å²) in [7, 11) is 0. The predicted molar refractivity (Wildman–Crippen MR) is 80.6 cm³/mol. The lowest BCUT2D eigenvalue weighted by Gasteiger charge is -2.22. The number of carboxylic acid groups (broad SMARTS) is 1. The molecule has 0 spiro atoms. The van der Waals surface area contributed by atoms with E-state index >= 15 is 0 Å². The number of rotatable bonds is 1. The van der Waals surface area contributed by atoms with Crippen LogP contribution in [-0.2, 0) is 6.61 Å². The van der Waals surface area contributed by atoms with Crippen molar-refractivity contribution in [3.8, 4) is 17.0 Å². The number of fused-ring (bicyclic) bond motifs is 3. The monoisotopic (exact) mass is 338 g/mol. The molecule has 22 heavy (non-hydrogen) atoms.